The zero-order valence-corrected chi connectivity index (χ0v) is 9.07. The van der Waals surface area contributed by atoms with E-state index in [1.54, 1.807) is 0 Å². The van der Waals surface area contributed by atoms with E-state index >= 15 is 0 Å². The molecule has 0 bridgehead atoms. The molecule has 1 heteroatoms. The van der Waals surface area contributed by atoms with Gasteiger partial charge < -0.3 is 5.32 Å². The average Bonchev–Trinajstić information content (AvgIpc) is 2.03. The van der Waals surface area contributed by atoms with Gasteiger partial charge in [0.25, 0.3) is 0 Å². The molecule has 0 spiro atoms. The molecule has 0 aromatic rings. The largest absolute Gasteiger partial charge is 0.319 e. The topological polar surface area (TPSA) is 12.0 Å². The normalized spacial score (nSPS) is 12.3. The van der Waals surface area contributed by atoms with Gasteiger partial charge in [0, 0.05) is 0 Å². The second kappa shape index (κ2) is 9.96. The molecule has 0 rings (SSSR count). The molecule has 1 N–H and O–H groups in total. The van der Waals surface area contributed by atoms with E-state index in [2.05, 4.69) is 26.1 Å². The van der Waals surface area contributed by atoms with Gasteiger partial charge in [0.05, 0.1) is 0 Å². The highest BCUT2D eigenvalue weighted by atomic mass is 14.8. The first-order valence-corrected chi connectivity index (χ1v) is 4.87. The minimum Gasteiger partial charge on any atom is -0.319 e. The van der Waals surface area contributed by atoms with Crippen molar-refractivity contribution in [3.8, 4) is 0 Å². The van der Waals surface area contributed by atoms with Crippen LogP contribution in [0.15, 0.2) is 0 Å². The van der Waals surface area contributed by atoms with Crippen molar-refractivity contribution in [1.82, 2.24) is 5.32 Å². The Morgan fingerprint density at radius 3 is 1.73 bits per heavy atom. The Bertz CT molecular complexity index is 59.9. The first kappa shape index (κ1) is 13.5. The van der Waals surface area contributed by atoms with Crippen molar-refractivity contribution in [3.63, 3.8) is 0 Å². The smallest absolute Gasteiger partial charge is 0.00212 e. The van der Waals surface area contributed by atoms with E-state index in [-0.39, 0.29) is 0 Å². The SMILES string of the molecule is CC.CCC(CNC)C(C)C. The lowest BCUT2D eigenvalue weighted by Crippen LogP contribution is -2.22. The van der Waals surface area contributed by atoms with Crippen LogP contribution in [0.3, 0.4) is 0 Å². The summed E-state index contributed by atoms with van der Waals surface area (Å²) in [5.74, 6) is 1.68. The fourth-order valence-electron chi connectivity index (χ4n) is 1.11. The van der Waals surface area contributed by atoms with Gasteiger partial charge in [0.1, 0.15) is 0 Å². The molecule has 0 radical (unpaired) electrons. The molecule has 1 atom stereocenters. The maximum Gasteiger partial charge on any atom is -0.00212 e. The number of hydrogen-bond acceptors (Lipinski definition) is 1. The summed E-state index contributed by atoms with van der Waals surface area (Å²) >= 11 is 0. The van der Waals surface area contributed by atoms with Gasteiger partial charge in [-0.3, -0.25) is 0 Å². The molecule has 0 heterocycles. The summed E-state index contributed by atoms with van der Waals surface area (Å²) in [7, 11) is 2.02. The van der Waals surface area contributed by atoms with E-state index in [1.165, 1.54) is 6.42 Å². The molecule has 0 aliphatic rings. The lowest BCUT2D eigenvalue weighted by atomic mass is 9.93. The maximum atomic E-state index is 3.20. The van der Waals surface area contributed by atoms with E-state index in [0.29, 0.717) is 0 Å². The van der Waals surface area contributed by atoms with Crippen LogP contribution in [0, 0.1) is 11.8 Å². The monoisotopic (exact) mass is 159 g/mol. The molecule has 1 nitrogen and oxygen atoms in total. The Morgan fingerprint density at radius 2 is 1.64 bits per heavy atom. The van der Waals surface area contributed by atoms with Crippen LogP contribution in [0.1, 0.15) is 41.0 Å². The van der Waals surface area contributed by atoms with Crippen LogP contribution in [-0.2, 0) is 0 Å². The summed E-state index contributed by atoms with van der Waals surface area (Å²) in [6.07, 6.45) is 1.29. The summed E-state index contributed by atoms with van der Waals surface area (Å²) in [6, 6.07) is 0. The molecular weight excluding hydrogens is 134 g/mol. The molecule has 11 heavy (non-hydrogen) atoms. The van der Waals surface area contributed by atoms with Crippen molar-refractivity contribution in [3.05, 3.63) is 0 Å². The summed E-state index contributed by atoms with van der Waals surface area (Å²) in [4.78, 5) is 0. The molecule has 0 fully saturated rings. The van der Waals surface area contributed by atoms with Gasteiger partial charge in [-0.15, -0.1) is 0 Å². The van der Waals surface area contributed by atoms with Crippen molar-refractivity contribution in [2.45, 2.75) is 41.0 Å². The molecule has 0 saturated heterocycles. The minimum atomic E-state index is 0.822. The van der Waals surface area contributed by atoms with Crippen molar-refractivity contribution in [2.24, 2.45) is 11.8 Å². The first-order chi connectivity index (χ1) is 5.22. The third-order valence-electron chi connectivity index (χ3n) is 1.93. The zero-order valence-electron chi connectivity index (χ0n) is 9.07. The molecule has 1 unspecified atom stereocenters. The van der Waals surface area contributed by atoms with Crippen LogP contribution in [-0.4, -0.2) is 13.6 Å². The van der Waals surface area contributed by atoms with Gasteiger partial charge in [0.15, 0.2) is 0 Å². The van der Waals surface area contributed by atoms with E-state index < -0.39 is 0 Å². The van der Waals surface area contributed by atoms with Gasteiger partial charge in [-0.1, -0.05) is 41.0 Å². The second-order valence-electron chi connectivity index (χ2n) is 2.97. The maximum absolute atomic E-state index is 3.20. The van der Waals surface area contributed by atoms with Crippen LogP contribution < -0.4 is 5.32 Å². The molecule has 0 aliphatic heterocycles. The Kier molecular flexibility index (Phi) is 12.3. The molecule has 0 amide bonds. The van der Waals surface area contributed by atoms with Crippen molar-refractivity contribution in [2.75, 3.05) is 13.6 Å². The molecule has 0 aromatic carbocycles. The number of nitrogens with one attached hydrogen (secondary N) is 1. The van der Waals surface area contributed by atoms with Gasteiger partial charge in [-0.2, -0.15) is 0 Å². The van der Waals surface area contributed by atoms with Crippen LogP contribution in [0.2, 0.25) is 0 Å². The first-order valence-electron chi connectivity index (χ1n) is 4.87. The molecule has 0 aromatic heterocycles. The Morgan fingerprint density at radius 1 is 1.18 bits per heavy atom. The van der Waals surface area contributed by atoms with Crippen LogP contribution >= 0.6 is 0 Å². The highest BCUT2D eigenvalue weighted by Gasteiger charge is 2.08. The van der Waals surface area contributed by atoms with Crippen molar-refractivity contribution < 1.29 is 0 Å². The molecule has 0 aliphatic carbocycles. The van der Waals surface area contributed by atoms with E-state index in [4.69, 9.17) is 0 Å². The van der Waals surface area contributed by atoms with Crippen LogP contribution in [0.5, 0.6) is 0 Å². The van der Waals surface area contributed by atoms with Crippen LogP contribution in [0.25, 0.3) is 0 Å². The predicted octanol–water partition coefficient (Wildman–Crippen LogP) is 2.91. The number of hydrogen-bond donors (Lipinski definition) is 1. The minimum absolute atomic E-state index is 0.822. The quantitative estimate of drug-likeness (QED) is 0.665. The standard InChI is InChI=1S/C8H19N.C2H6/c1-5-8(6-9-4)7(2)3;1-2/h7-9H,5-6H2,1-4H3;1-2H3. The fourth-order valence-corrected chi connectivity index (χ4v) is 1.11. The lowest BCUT2D eigenvalue weighted by molar-refractivity contribution is 0.362. The van der Waals surface area contributed by atoms with Gasteiger partial charge in [-0.05, 0) is 25.4 Å². The van der Waals surface area contributed by atoms with Crippen molar-refractivity contribution in [1.29, 1.82) is 0 Å². The van der Waals surface area contributed by atoms with Crippen LogP contribution in [0.4, 0.5) is 0 Å². The average molecular weight is 159 g/mol. The van der Waals surface area contributed by atoms with Gasteiger partial charge in [0.2, 0.25) is 0 Å². The Balaban J connectivity index is 0. The summed E-state index contributed by atoms with van der Waals surface area (Å²) < 4.78 is 0. The predicted molar refractivity (Wildman–Crippen MR) is 53.9 cm³/mol. The van der Waals surface area contributed by atoms with Gasteiger partial charge >= 0.3 is 0 Å². The van der Waals surface area contributed by atoms with E-state index in [9.17, 15) is 0 Å². The second-order valence-corrected chi connectivity index (χ2v) is 2.97. The fraction of sp³-hybridized carbons (Fsp3) is 1.00. The highest BCUT2D eigenvalue weighted by molar-refractivity contribution is 4.61. The third-order valence-corrected chi connectivity index (χ3v) is 1.93. The third kappa shape index (κ3) is 7.86. The van der Waals surface area contributed by atoms with E-state index in [1.807, 2.05) is 20.9 Å². The Labute approximate surface area is 72.6 Å². The van der Waals surface area contributed by atoms with E-state index in [0.717, 1.165) is 18.4 Å². The van der Waals surface area contributed by atoms with Crippen molar-refractivity contribution >= 4 is 0 Å². The summed E-state index contributed by atoms with van der Waals surface area (Å²) in [5, 5.41) is 3.20. The zero-order chi connectivity index (χ0) is 9.28. The molecule has 70 valence electrons. The highest BCUT2D eigenvalue weighted by Crippen LogP contribution is 2.12. The summed E-state index contributed by atoms with van der Waals surface area (Å²) in [5.41, 5.74) is 0. The molecule has 0 saturated carbocycles. The van der Waals surface area contributed by atoms with Gasteiger partial charge in [-0.25, -0.2) is 0 Å². The summed E-state index contributed by atoms with van der Waals surface area (Å²) in [6.45, 7) is 12.0. The molecular formula is C10H25N. The number of rotatable bonds is 4. The Hall–Kier alpha value is -0.0400. The lowest BCUT2D eigenvalue weighted by Gasteiger charge is -2.17.